The number of nitrogens with zero attached hydrogens (tertiary/aromatic N) is 1. The second kappa shape index (κ2) is 8.05. The van der Waals surface area contributed by atoms with E-state index < -0.39 is 35.9 Å². The number of rotatable bonds is 6. The Labute approximate surface area is 170 Å². The smallest absolute Gasteiger partial charge is 0.417 e. The van der Waals surface area contributed by atoms with Gasteiger partial charge in [0.25, 0.3) is 0 Å². The van der Waals surface area contributed by atoms with E-state index in [1.165, 1.54) is 39.2 Å². The first kappa shape index (κ1) is 22.7. The highest BCUT2D eigenvalue weighted by atomic mass is 35.5. The quantitative estimate of drug-likeness (QED) is 0.460. The van der Waals surface area contributed by atoms with Crippen LogP contribution >= 0.6 is 23.2 Å². The van der Waals surface area contributed by atoms with Crippen molar-refractivity contribution in [3.63, 3.8) is 0 Å². The number of halogens is 6. The molecule has 2 aromatic rings. The lowest BCUT2D eigenvalue weighted by atomic mass is 9.72. The lowest BCUT2D eigenvalue weighted by Gasteiger charge is -2.38. The molecule has 9 heteroatoms. The predicted molar refractivity (Wildman–Crippen MR) is 99.6 cm³/mol. The molecule has 1 heterocycles. The third kappa shape index (κ3) is 5.07. The Morgan fingerprint density at radius 2 is 1.64 bits per heavy atom. The van der Waals surface area contributed by atoms with Gasteiger partial charge in [0.15, 0.2) is 5.60 Å². The van der Waals surface area contributed by atoms with Gasteiger partial charge in [0.05, 0.1) is 7.11 Å². The van der Waals surface area contributed by atoms with Crippen molar-refractivity contribution in [2.45, 2.75) is 43.9 Å². The summed E-state index contributed by atoms with van der Waals surface area (Å²) in [6.07, 6.45) is -6.51. The van der Waals surface area contributed by atoms with Crippen molar-refractivity contribution < 1.29 is 27.4 Å². The van der Waals surface area contributed by atoms with Gasteiger partial charge in [-0.3, -0.25) is 0 Å². The monoisotopic (exact) mass is 439 g/mol. The van der Waals surface area contributed by atoms with E-state index in [0.29, 0.717) is 0 Å². The van der Waals surface area contributed by atoms with E-state index in [-0.39, 0.29) is 27.2 Å². The fourth-order valence-electron chi connectivity index (χ4n) is 3.25. The summed E-state index contributed by atoms with van der Waals surface area (Å²) in [7, 11) is 1.34. The van der Waals surface area contributed by atoms with Crippen molar-refractivity contribution in [3.05, 3.63) is 57.6 Å². The Morgan fingerprint density at radius 3 is 2.14 bits per heavy atom. The normalized spacial score (nSPS) is 14.6. The van der Waals surface area contributed by atoms with Crippen LogP contribution in [0.5, 0.6) is 5.75 Å². The third-order valence-corrected chi connectivity index (χ3v) is 4.86. The van der Waals surface area contributed by atoms with E-state index >= 15 is 0 Å². The van der Waals surface area contributed by atoms with Gasteiger partial charge in [-0.05, 0) is 47.7 Å². The van der Waals surface area contributed by atoms with E-state index in [1.807, 2.05) is 0 Å². The zero-order valence-electron chi connectivity index (χ0n) is 15.4. The van der Waals surface area contributed by atoms with Crippen LogP contribution in [0.2, 0.25) is 10.3 Å². The van der Waals surface area contributed by atoms with Crippen LogP contribution in [0, 0.1) is 5.82 Å². The molecule has 1 aromatic carbocycles. The van der Waals surface area contributed by atoms with E-state index in [2.05, 4.69) is 4.98 Å². The lowest BCUT2D eigenvalue weighted by molar-refractivity contribution is -0.266. The summed E-state index contributed by atoms with van der Waals surface area (Å²) in [6, 6.07) is 6.01. The summed E-state index contributed by atoms with van der Waals surface area (Å²) in [4.78, 5) is 3.69. The van der Waals surface area contributed by atoms with E-state index in [9.17, 15) is 22.7 Å². The maximum atomic E-state index is 13.9. The van der Waals surface area contributed by atoms with Gasteiger partial charge in [-0.2, -0.15) is 13.2 Å². The van der Waals surface area contributed by atoms with Gasteiger partial charge in [-0.15, -0.1) is 0 Å². The van der Waals surface area contributed by atoms with Gasteiger partial charge in [-0.1, -0.05) is 37.0 Å². The molecule has 0 saturated carbocycles. The minimum Gasteiger partial charge on any atom is -0.496 e. The molecule has 1 N–H and O–H groups in total. The molecular formula is C19H19Cl2F4NO2. The summed E-state index contributed by atoms with van der Waals surface area (Å²) < 4.78 is 60.5. The number of methoxy groups -OCH3 is 1. The molecule has 0 radical (unpaired) electrons. The van der Waals surface area contributed by atoms with E-state index in [4.69, 9.17) is 27.9 Å². The number of benzene rings is 1. The highest BCUT2D eigenvalue weighted by Gasteiger charge is 2.56. The molecule has 1 aromatic heterocycles. The number of pyridine rings is 1. The molecule has 1 atom stereocenters. The Hall–Kier alpha value is -1.57. The molecule has 1 unspecified atom stereocenters. The topological polar surface area (TPSA) is 42.4 Å². The lowest BCUT2D eigenvalue weighted by Crippen LogP contribution is -2.50. The molecule has 2 rings (SSSR count). The van der Waals surface area contributed by atoms with Crippen LogP contribution in [-0.4, -0.2) is 29.0 Å². The van der Waals surface area contributed by atoms with Crippen LogP contribution in [0.1, 0.15) is 31.4 Å². The first-order valence-corrected chi connectivity index (χ1v) is 8.98. The van der Waals surface area contributed by atoms with Crippen LogP contribution in [0.4, 0.5) is 17.6 Å². The molecule has 0 aliphatic rings. The molecule has 0 spiro atoms. The maximum absolute atomic E-state index is 13.9. The van der Waals surface area contributed by atoms with Crippen LogP contribution in [0.3, 0.4) is 0 Å². The van der Waals surface area contributed by atoms with Crippen molar-refractivity contribution in [3.8, 4) is 5.75 Å². The van der Waals surface area contributed by atoms with E-state index in [0.717, 1.165) is 12.1 Å². The SMILES string of the molecule is COc1ccc(F)cc1C(C)(C)CC(O)(Cc1cc(Cl)nc(Cl)c1)C(F)(F)F. The number of ether oxygens (including phenoxy) is 1. The number of alkyl halides is 3. The molecule has 0 amide bonds. The molecule has 0 saturated heterocycles. The minimum absolute atomic E-state index is 0.0758. The van der Waals surface area contributed by atoms with Crippen LogP contribution < -0.4 is 4.74 Å². The number of aliphatic hydroxyl groups is 1. The fraction of sp³-hybridized carbons (Fsp3) is 0.421. The summed E-state index contributed by atoms with van der Waals surface area (Å²) in [6.45, 7) is 2.96. The van der Waals surface area contributed by atoms with Crippen LogP contribution in [0.15, 0.2) is 30.3 Å². The first-order chi connectivity index (χ1) is 12.8. The van der Waals surface area contributed by atoms with E-state index in [1.54, 1.807) is 0 Å². The molecule has 0 bridgehead atoms. The number of hydrogen-bond donors (Lipinski definition) is 1. The molecule has 0 fully saturated rings. The maximum Gasteiger partial charge on any atom is 0.417 e. The molecular weight excluding hydrogens is 421 g/mol. The van der Waals surface area contributed by atoms with Gasteiger partial charge in [0.2, 0.25) is 0 Å². The molecule has 154 valence electrons. The average Bonchev–Trinajstić information content (AvgIpc) is 2.52. The van der Waals surface area contributed by atoms with Crippen molar-refractivity contribution in [1.82, 2.24) is 4.98 Å². The van der Waals surface area contributed by atoms with Crippen LogP contribution in [0.25, 0.3) is 0 Å². The molecule has 28 heavy (non-hydrogen) atoms. The average molecular weight is 440 g/mol. The number of hydrogen-bond acceptors (Lipinski definition) is 3. The first-order valence-electron chi connectivity index (χ1n) is 8.22. The Balaban J connectivity index is 2.47. The molecule has 0 aliphatic heterocycles. The summed E-state index contributed by atoms with van der Waals surface area (Å²) in [5, 5.41) is 10.5. The number of aromatic nitrogens is 1. The standard InChI is InChI=1S/C19H19Cl2F4NO2/c1-17(2,13-8-12(22)4-5-14(13)28-3)10-18(27,19(23,24)25)9-11-6-15(20)26-16(21)7-11/h4-8,27H,9-10H2,1-3H3. The van der Waals surface area contributed by atoms with Gasteiger partial charge in [0, 0.05) is 12.0 Å². The Morgan fingerprint density at radius 1 is 1.07 bits per heavy atom. The molecule has 0 aliphatic carbocycles. The van der Waals surface area contributed by atoms with Gasteiger partial charge in [-0.25, -0.2) is 9.37 Å². The Kier molecular flexibility index (Phi) is 6.53. The zero-order valence-corrected chi connectivity index (χ0v) is 16.9. The summed E-state index contributed by atoms with van der Waals surface area (Å²) >= 11 is 11.5. The highest BCUT2D eigenvalue weighted by Crippen LogP contribution is 2.45. The summed E-state index contributed by atoms with van der Waals surface area (Å²) in [5.41, 5.74) is -4.12. The largest absolute Gasteiger partial charge is 0.496 e. The highest BCUT2D eigenvalue weighted by molar-refractivity contribution is 6.32. The van der Waals surface area contributed by atoms with Crippen LogP contribution in [-0.2, 0) is 11.8 Å². The molecule has 3 nitrogen and oxygen atoms in total. The van der Waals surface area contributed by atoms with Gasteiger partial charge in [0.1, 0.15) is 21.9 Å². The fourth-order valence-corrected chi connectivity index (χ4v) is 3.76. The van der Waals surface area contributed by atoms with Crippen molar-refractivity contribution in [2.24, 2.45) is 0 Å². The van der Waals surface area contributed by atoms with Crippen molar-refractivity contribution in [2.75, 3.05) is 7.11 Å². The third-order valence-electron chi connectivity index (χ3n) is 4.47. The summed E-state index contributed by atoms with van der Waals surface area (Å²) in [5.74, 6) is -0.391. The van der Waals surface area contributed by atoms with Gasteiger partial charge >= 0.3 is 6.18 Å². The Bertz CT molecular complexity index is 838. The van der Waals surface area contributed by atoms with Gasteiger partial charge < -0.3 is 9.84 Å². The van der Waals surface area contributed by atoms with Crippen molar-refractivity contribution in [1.29, 1.82) is 0 Å². The predicted octanol–water partition coefficient (Wildman–Crippen LogP) is 5.74. The zero-order chi connectivity index (χ0) is 21.3. The minimum atomic E-state index is -4.97. The van der Waals surface area contributed by atoms with Crippen molar-refractivity contribution >= 4 is 23.2 Å². The second-order valence-electron chi connectivity index (χ2n) is 7.23. The second-order valence-corrected chi connectivity index (χ2v) is 8.01.